The molecule has 0 aliphatic heterocycles. The van der Waals surface area contributed by atoms with E-state index < -0.39 is 0 Å². The Bertz CT molecular complexity index is 641. The van der Waals surface area contributed by atoms with Crippen LogP contribution in [-0.4, -0.2) is 30.9 Å². The average Bonchev–Trinajstić information content (AvgIpc) is 2.55. The Kier molecular flexibility index (Phi) is 7.02. The lowest BCUT2D eigenvalue weighted by atomic mass is 10.1. The number of nitrogens with one attached hydrogen (secondary N) is 1. The van der Waals surface area contributed by atoms with Crippen LogP contribution in [0.2, 0.25) is 0 Å². The van der Waals surface area contributed by atoms with Gasteiger partial charge in [-0.3, -0.25) is 19.9 Å². The Labute approximate surface area is 131 Å². The van der Waals surface area contributed by atoms with Gasteiger partial charge in [0, 0.05) is 37.0 Å². The highest BCUT2D eigenvalue weighted by Gasteiger charge is 2.09. The summed E-state index contributed by atoms with van der Waals surface area (Å²) >= 11 is 0. The average molecular weight is 301 g/mol. The van der Waals surface area contributed by atoms with E-state index in [9.17, 15) is 9.59 Å². The number of hydrogen-bond acceptors (Lipinski definition) is 4. The lowest BCUT2D eigenvalue weighted by Crippen LogP contribution is -2.27. The number of benzene rings is 1. The predicted octanol–water partition coefficient (Wildman–Crippen LogP) is 2.67. The molecule has 2 aromatic rings. The van der Waals surface area contributed by atoms with E-state index in [0.717, 1.165) is 16.5 Å². The second-order valence-corrected chi connectivity index (χ2v) is 4.69. The lowest BCUT2D eigenvalue weighted by molar-refractivity contribution is -0.125. The molecule has 2 amide bonds. The fraction of sp³-hybridized carbons (Fsp3) is 0.353. The van der Waals surface area contributed by atoms with Gasteiger partial charge in [0.05, 0.1) is 11.9 Å². The number of anilines is 1. The zero-order valence-electron chi connectivity index (χ0n) is 13.6. The summed E-state index contributed by atoms with van der Waals surface area (Å²) < 4.78 is 0. The summed E-state index contributed by atoms with van der Waals surface area (Å²) in [5.74, 6) is -0.281. The molecule has 5 nitrogen and oxygen atoms in total. The molecule has 118 valence electrons. The van der Waals surface area contributed by atoms with Gasteiger partial charge in [-0.25, -0.2) is 0 Å². The minimum Gasteiger partial charge on any atom is -0.372 e. The molecule has 0 aliphatic carbocycles. The van der Waals surface area contributed by atoms with Crippen LogP contribution in [0.25, 0.3) is 10.8 Å². The molecule has 1 N–H and O–H groups in total. The van der Waals surface area contributed by atoms with E-state index >= 15 is 0 Å². The van der Waals surface area contributed by atoms with Crippen molar-refractivity contribution in [2.45, 2.75) is 27.2 Å². The summed E-state index contributed by atoms with van der Waals surface area (Å²) in [6.07, 6.45) is 4.31. The fourth-order valence-electron chi connectivity index (χ4n) is 2.16. The highest BCUT2D eigenvalue weighted by molar-refractivity contribution is 5.95. The van der Waals surface area contributed by atoms with Crippen molar-refractivity contribution in [3.8, 4) is 0 Å². The highest BCUT2D eigenvalue weighted by Crippen LogP contribution is 2.26. The van der Waals surface area contributed by atoms with Crippen LogP contribution < -0.4 is 10.2 Å². The molecule has 0 unspecified atom stereocenters. The number of imide groups is 1. The SMILES string of the molecule is CC.Cc1cccc2c(N(C)CCC(=O)NC=O)cncc12. The van der Waals surface area contributed by atoms with E-state index in [1.54, 1.807) is 6.20 Å². The summed E-state index contributed by atoms with van der Waals surface area (Å²) in [6.45, 7) is 6.57. The van der Waals surface area contributed by atoms with Crippen molar-refractivity contribution < 1.29 is 9.59 Å². The number of carbonyl (C=O) groups excluding carboxylic acids is 2. The normalized spacial score (nSPS) is 9.64. The molecule has 0 saturated carbocycles. The van der Waals surface area contributed by atoms with Crippen LogP contribution in [0, 0.1) is 6.92 Å². The number of carbonyl (C=O) groups is 2. The molecule has 0 bridgehead atoms. The first kappa shape index (κ1) is 17.6. The molecular formula is C17H23N3O2. The first-order chi connectivity index (χ1) is 10.6. The molecule has 5 heteroatoms. The number of amides is 2. The predicted molar refractivity (Wildman–Crippen MR) is 89.9 cm³/mol. The van der Waals surface area contributed by atoms with Crippen LogP contribution in [0.1, 0.15) is 25.8 Å². The fourth-order valence-corrected chi connectivity index (χ4v) is 2.16. The van der Waals surface area contributed by atoms with Gasteiger partial charge in [-0.2, -0.15) is 0 Å². The van der Waals surface area contributed by atoms with Crippen molar-refractivity contribution in [2.24, 2.45) is 0 Å². The molecule has 1 aromatic heterocycles. The summed E-state index contributed by atoms with van der Waals surface area (Å²) in [5.41, 5.74) is 2.15. The van der Waals surface area contributed by atoms with E-state index in [0.29, 0.717) is 13.0 Å². The van der Waals surface area contributed by atoms with Gasteiger partial charge in [0.15, 0.2) is 0 Å². The molecule has 0 saturated heterocycles. The van der Waals surface area contributed by atoms with Gasteiger partial charge in [-0.15, -0.1) is 0 Å². The van der Waals surface area contributed by atoms with Crippen molar-refractivity contribution in [1.82, 2.24) is 10.3 Å². The minimum atomic E-state index is -0.281. The Hall–Kier alpha value is -2.43. The van der Waals surface area contributed by atoms with Gasteiger partial charge in [-0.05, 0) is 12.5 Å². The maximum atomic E-state index is 11.3. The number of aryl methyl sites for hydroxylation is 1. The van der Waals surface area contributed by atoms with Crippen LogP contribution in [0.4, 0.5) is 5.69 Å². The number of rotatable bonds is 5. The summed E-state index contributed by atoms with van der Waals surface area (Å²) in [6, 6.07) is 6.10. The Morgan fingerprint density at radius 2 is 2.00 bits per heavy atom. The Morgan fingerprint density at radius 1 is 1.27 bits per heavy atom. The van der Waals surface area contributed by atoms with Gasteiger partial charge in [0.25, 0.3) is 0 Å². The molecule has 0 fully saturated rings. The third-order valence-electron chi connectivity index (χ3n) is 3.31. The van der Waals surface area contributed by atoms with Crippen LogP contribution >= 0.6 is 0 Å². The topological polar surface area (TPSA) is 62.3 Å². The number of fused-ring (bicyclic) bond motifs is 1. The van der Waals surface area contributed by atoms with Gasteiger partial charge in [0.1, 0.15) is 0 Å². The second-order valence-electron chi connectivity index (χ2n) is 4.69. The molecule has 0 radical (unpaired) electrons. The molecule has 0 spiro atoms. The number of hydrogen-bond donors (Lipinski definition) is 1. The molecule has 2 rings (SSSR count). The van der Waals surface area contributed by atoms with Gasteiger partial charge in [-0.1, -0.05) is 32.0 Å². The third-order valence-corrected chi connectivity index (χ3v) is 3.31. The zero-order chi connectivity index (χ0) is 16.5. The first-order valence-corrected chi connectivity index (χ1v) is 7.41. The van der Waals surface area contributed by atoms with Gasteiger partial charge in [0.2, 0.25) is 12.3 Å². The largest absolute Gasteiger partial charge is 0.372 e. The van der Waals surface area contributed by atoms with Crippen molar-refractivity contribution in [1.29, 1.82) is 0 Å². The van der Waals surface area contributed by atoms with E-state index in [1.165, 1.54) is 5.56 Å². The maximum absolute atomic E-state index is 11.3. The Morgan fingerprint density at radius 3 is 2.68 bits per heavy atom. The number of nitrogens with zero attached hydrogens (tertiary/aromatic N) is 2. The van der Waals surface area contributed by atoms with E-state index in [4.69, 9.17) is 0 Å². The number of aromatic nitrogens is 1. The highest BCUT2D eigenvalue weighted by atomic mass is 16.2. The van der Waals surface area contributed by atoms with Crippen LogP contribution in [-0.2, 0) is 9.59 Å². The zero-order valence-corrected chi connectivity index (χ0v) is 13.6. The molecule has 0 aliphatic rings. The molecule has 0 atom stereocenters. The van der Waals surface area contributed by atoms with Crippen LogP contribution in [0.3, 0.4) is 0 Å². The quantitative estimate of drug-likeness (QED) is 0.862. The molecule has 1 aromatic carbocycles. The molecule has 1 heterocycles. The van der Waals surface area contributed by atoms with Crippen molar-refractivity contribution in [3.05, 3.63) is 36.2 Å². The maximum Gasteiger partial charge on any atom is 0.228 e. The summed E-state index contributed by atoms with van der Waals surface area (Å²) in [7, 11) is 1.91. The second kappa shape index (κ2) is 8.77. The van der Waals surface area contributed by atoms with Crippen molar-refractivity contribution in [3.63, 3.8) is 0 Å². The summed E-state index contributed by atoms with van der Waals surface area (Å²) in [4.78, 5) is 27.7. The van der Waals surface area contributed by atoms with Crippen molar-refractivity contribution >= 4 is 28.8 Å². The van der Waals surface area contributed by atoms with Crippen LogP contribution in [0.5, 0.6) is 0 Å². The Balaban J connectivity index is 0.00000116. The number of pyridine rings is 1. The van der Waals surface area contributed by atoms with Crippen molar-refractivity contribution in [2.75, 3.05) is 18.5 Å². The third kappa shape index (κ3) is 4.28. The van der Waals surface area contributed by atoms with E-state index in [-0.39, 0.29) is 12.3 Å². The van der Waals surface area contributed by atoms with Crippen LogP contribution in [0.15, 0.2) is 30.6 Å². The van der Waals surface area contributed by atoms with Gasteiger partial charge >= 0.3 is 0 Å². The first-order valence-electron chi connectivity index (χ1n) is 7.41. The van der Waals surface area contributed by atoms with E-state index in [2.05, 4.69) is 10.3 Å². The minimum absolute atomic E-state index is 0.261. The lowest BCUT2D eigenvalue weighted by Gasteiger charge is -2.20. The smallest absolute Gasteiger partial charge is 0.228 e. The monoisotopic (exact) mass is 301 g/mol. The molecule has 22 heavy (non-hydrogen) atoms. The molecular weight excluding hydrogens is 278 g/mol. The standard InChI is InChI=1S/C15H17N3O2.C2H6/c1-11-4-3-5-12-13(11)8-16-9-14(12)18(2)7-6-15(20)17-10-19;1-2/h3-5,8-10H,6-7H2,1-2H3,(H,17,19,20);1-2H3. The van der Waals surface area contributed by atoms with E-state index in [1.807, 2.05) is 57.1 Å². The summed E-state index contributed by atoms with van der Waals surface area (Å²) in [5, 5.41) is 4.35. The van der Waals surface area contributed by atoms with Gasteiger partial charge < -0.3 is 4.90 Å².